The van der Waals surface area contributed by atoms with Gasteiger partial charge in [-0.1, -0.05) is 30.3 Å². The van der Waals surface area contributed by atoms with Gasteiger partial charge in [-0.2, -0.15) is 0 Å². The molecule has 1 amide bonds. The highest BCUT2D eigenvalue weighted by Crippen LogP contribution is 2.34. The fourth-order valence-corrected chi connectivity index (χ4v) is 3.12. The lowest BCUT2D eigenvalue weighted by molar-refractivity contribution is 0.200. The zero-order chi connectivity index (χ0) is 21.6. The average Bonchev–Trinajstić information content (AvgIpc) is 3.33. The second-order valence-electron chi connectivity index (χ2n) is 7.01. The first-order valence-corrected chi connectivity index (χ1v) is 9.63. The molecule has 0 saturated carbocycles. The Balaban J connectivity index is 1.57. The van der Waals surface area contributed by atoms with E-state index in [4.69, 9.17) is 9.15 Å². The van der Waals surface area contributed by atoms with Gasteiger partial charge in [0, 0.05) is 49.8 Å². The second-order valence-corrected chi connectivity index (χ2v) is 7.01. The summed E-state index contributed by atoms with van der Waals surface area (Å²) in [5.41, 5.74) is 4.32. The number of hydrogen-bond acceptors (Lipinski definition) is 7. The lowest BCUT2D eigenvalue weighted by Gasteiger charge is -2.19. The summed E-state index contributed by atoms with van der Waals surface area (Å²) in [4.78, 5) is 18.6. The van der Waals surface area contributed by atoms with Crippen molar-refractivity contribution in [2.45, 2.75) is 6.54 Å². The van der Waals surface area contributed by atoms with Gasteiger partial charge < -0.3 is 19.4 Å². The van der Waals surface area contributed by atoms with Crippen molar-refractivity contribution < 1.29 is 13.9 Å². The third kappa shape index (κ3) is 4.87. The maximum Gasteiger partial charge on any atom is 0.412 e. The predicted molar refractivity (Wildman–Crippen MR) is 117 cm³/mol. The Bertz CT molecular complexity index is 1160. The van der Waals surface area contributed by atoms with Crippen LogP contribution in [0.1, 0.15) is 5.56 Å². The van der Waals surface area contributed by atoms with E-state index in [0.717, 1.165) is 22.4 Å². The minimum atomic E-state index is -0.523. The first-order chi connectivity index (χ1) is 15.1. The van der Waals surface area contributed by atoms with Gasteiger partial charge in [-0.25, -0.2) is 4.79 Å². The minimum absolute atomic E-state index is 0.383. The maximum atomic E-state index is 12.3. The quantitative estimate of drug-likeness (QED) is 0.505. The molecule has 4 rings (SSSR count). The number of anilines is 1. The summed E-state index contributed by atoms with van der Waals surface area (Å²) >= 11 is 0. The van der Waals surface area contributed by atoms with Crippen molar-refractivity contribution in [3.05, 3.63) is 78.9 Å². The van der Waals surface area contributed by atoms with Gasteiger partial charge in [0.1, 0.15) is 5.75 Å². The topological polar surface area (TPSA) is 93.4 Å². The molecule has 0 atom stereocenters. The van der Waals surface area contributed by atoms with Gasteiger partial charge in [0.05, 0.1) is 5.56 Å². The van der Waals surface area contributed by atoms with Crippen LogP contribution in [0.2, 0.25) is 0 Å². The SMILES string of the molecule is CN(C)c1ccc(OC(=O)NCc2ccccc2)cc1-c1cncc(-c2nnco2)c1. The molecule has 0 fully saturated rings. The zero-order valence-corrected chi connectivity index (χ0v) is 17.1. The molecule has 0 aliphatic heterocycles. The minimum Gasteiger partial charge on any atom is -0.423 e. The fraction of sp³-hybridized carbons (Fsp3) is 0.130. The van der Waals surface area contributed by atoms with Crippen molar-refractivity contribution in [3.8, 4) is 28.3 Å². The molecule has 0 saturated heterocycles. The lowest BCUT2D eigenvalue weighted by Crippen LogP contribution is -2.26. The molecule has 0 spiro atoms. The van der Waals surface area contributed by atoms with E-state index in [9.17, 15) is 4.79 Å². The fourth-order valence-electron chi connectivity index (χ4n) is 3.12. The van der Waals surface area contributed by atoms with E-state index in [0.29, 0.717) is 23.7 Å². The Morgan fingerprint density at radius 1 is 1.06 bits per heavy atom. The number of ether oxygens (including phenoxy) is 1. The Hall–Kier alpha value is -4.20. The number of benzene rings is 2. The van der Waals surface area contributed by atoms with Crippen LogP contribution in [0.25, 0.3) is 22.6 Å². The summed E-state index contributed by atoms with van der Waals surface area (Å²) in [5, 5.41) is 10.4. The number of amides is 1. The Labute approximate surface area is 179 Å². The molecule has 0 radical (unpaired) electrons. The highest BCUT2D eigenvalue weighted by atomic mass is 16.6. The van der Waals surface area contributed by atoms with Crippen LogP contribution in [0.5, 0.6) is 5.75 Å². The van der Waals surface area contributed by atoms with Gasteiger partial charge in [-0.15, -0.1) is 10.2 Å². The number of pyridine rings is 1. The number of aromatic nitrogens is 3. The van der Waals surface area contributed by atoms with Gasteiger partial charge >= 0.3 is 6.09 Å². The highest BCUT2D eigenvalue weighted by Gasteiger charge is 2.14. The molecule has 31 heavy (non-hydrogen) atoms. The van der Waals surface area contributed by atoms with Crippen LogP contribution in [0.15, 0.2) is 77.8 Å². The molecule has 0 aliphatic carbocycles. The van der Waals surface area contributed by atoms with Crippen molar-refractivity contribution >= 4 is 11.8 Å². The van der Waals surface area contributed by atoms with E-state index in [1.54, 1.807) is 18.5 Å². The van der Waals surface area contributed by atoms with Crippen LogP contribution in [-0.4, -0.2) is 35.4 Å². The molecule has 156 valence electrons. The molecular formula is C23H21N5O3. The van der Waals surface area contributed by atoms with Crippen molar-refractivity contribution in [2.75, 3.05) is 19.0 Å². The average molecular weight is 415 g/mol. The third-order valence-electron chi connectivity index (χ3n) is 4.60. The summed E-state index contributed by atoms with van der Waals surface area (Å²) in [6, 6.07) is 17.0. The van der Waals surface area contributed by atoms with E-state index in [-0.39, 0.29) is 0 Å². The largest absolute Gasteiger partial charge is 0.423 e. The van der Waals surface area contributed by atoms with Gasteiger partial charge in [0.15, 0.2) is 0 Å². The first kappa shape index (κ1) is 20.1. The summed E-state index contributed by atoms with van der Waals surface area (Å²) in [6.45, 7) is 0.387. The Morgan fingerprint density at radius 3 is 2.61 bits per heavy atom. The Morgan fingerprint density at radius 2 is 1.87 bits per heavy atom. The number of nitrogens with one attached hydrogen (secondary N) is 1. The molecule has 1 N–H and O–H groups in total. The summed E-state index contributed by atoms with van der Waals surface area (Å²) in [6.07, 6.45) is 4.14. The van der Waals surface area contributed by atoms with E-state index in [2.05, 4.69) is 20.5 Å². The molecule has 8 heteroatoms. The lowest BCUT2D eigenvalue weighted by atomic mass is 10.0. The molecule has 2 heterocycles. The molecular weight excluding hydrogens is 394 g/mol. The molecule has 2 aromatic heterocycles. The number of hydrogen-bond donors (Lipinski definition) is 1. The van der Waals surface area contributed by atoms with Crippen LogP contribution < -0.4 is 15.0 Å². The number of carbonyl (C=O) groups excluding carboxylic acids is 1. The molecule has 0 bridgehead atoms. The molecule has 0 unspecified atom stereocenters. The maximum absolute atomic E-state index is 12.3. The molecule has 8 nitrogen and oxygen atoms in total. The highest BCUT2D eigenvalue weighted by molar-refractivity contribution is 5.82. The van der Waals surface area contributed by atoms with Crippen molar-refractivity contribution in [3.63, 3.8) is 0 Å². The summed E-state index contributed by atoms with van der Waals surface area (Å²) < 4.78 is 10.8. The standard InChI is InChI=1S/C23H21N5O3/c1-28(2)21-9-8-19(31-23(29)25-12-16-6-4-3-5-7-16)11-20(21)17-10-18(14-24-13-17)22-27-26-15-30-22/h3-11,13-15H,12H2,1-2H3,(H,25,29). The van der Waals surface area contributed by atoms with Crippen LogP contribution in [0.4, 0.5) is 10.5 Å². The monoisotopic (exact) mass is 415 g/mol. The molecule has 0 aliphatic rings. The summed E-state index contributed by atoms with van der Waals surface area (Å²) in [5.74, 6) is 0.808. The van der Waals surface area contributed by atoms with Gasteiger partial charge in [-0.05, 0) is 29.8 Å². The Kier molecular flexibility index (Phi) is 5.89. The third-order valence-corrected chi connectivity index (χ3v) is 4.60. The number of nitrogens with zero attached hydrogens (tertiary/aromatic N) is 4. The summed E-state index contributed by atoms with van der Waals surface area (Å²) in [7, 11) is 3.89. The van der Waals surface area contributed by atoms with E-state index in [1.165, 1.54) is 6.39 Å². The zero-order valence-electron chi connectivity index (χ0n) is 17.1. The van der Waals surface area contributed by atoms with Crippen molar-refractivity contribution in [1.82, 2.24) is 20.5 Å². The molecule has 2 aromatic carbocycles. The van der Waals surface area contributed by atoms with Gasteiger partial charge in [0.25, 0.3) is 0 Å². The normalized spacial score (nSPS) is 10.5. The van der Waals surface area contributed by atoms with E-state index in [1.807, 2.05) is 67.5 Å². The predicted octanol–water partition coefficient (Wildman–Crippen LogP) is 4.15. The van der Waals surface area contributed by atoms with Crippen molar-refractivity contribution in [2.24, 2.45) is 0 Å². The number of rotatable bonds is 6. The van der Waals surface area contributed by atoms with Gasteiger partial charge in [0.2, 0.25) is 12.3 Å². The van der Waals surface area contributed by atoms with Crippen LogP contribution in [-0.2, 0) is 6.54 Å². The van der Waals surface area contributed by atoms with Crippen LogP contribution in [0.3, 0.4) is 0 Å². The van der Waals surface area contributed by atoms with Crippen LogP contribution >= 0.6 is 0 Å². The van der Waals surface area contributed by atoms with Crippen LogP contribution in [0, 0.1) is 0 Å². The first-order valence-electron chi connectivity index (χ1n) is 9.63. The second kappa shape index (κ2) is 9.08. The molecule has 4 aromatic rings. The van der Waals surface area contributed by atoms with E-state index < -0.39 is 6.09 Å². The smallest absolute Gasteiger partial charge is 0.412 e. The van der Waals surface area contributed by atoms with E-state index >= 15 is 0 Å². The number of carbonyl (C=O) groups is 1. The van der Waals surface area contributed by atoms with Gasteiger partial charge in [-0.3, -0.25) is 4.98 Å². The van der Waals surface area contributed by atoms with Crippen molar-refractivity contribution in [1.29, 1.82) is 0 Å².